The summed E-state index contributed by atoms with van der Waals surface area (Å²) in [5.74, 6) is 1.91. The Morgan fingerprint density at radius 3 is 2.26 bits per heavy atom. The zero-order valence-electron chi connectivity index (χ0n) is 27.7. The number of carbonyl (C=O) groups excluding carboxylic acids is 1. The highest BCUT2D eigenvalue weighted by atomic mass is 16.5. The van der Waals surface area contributed by atoms with E-state index in [1.54, 1.807) is 36.4 Å². The first kappa shape index (κ1) is 30.0. The third-order valence-electron chi connectivity index (χ3n) is 14.6. The second-order valence-electron chi connectivity index (χ2n) is 17.6. The molecule has 0 amide bonds. The van der Waals surface area contributed by atoms with E-state index in [-0.39, 0.29) is 34.1 Å². The predicted molar refractivity (Wildman–Crippen MR) is 172 cm³/mol. The molecule has 0 radical (unpaired) electrons. The van der Waals surface area contributed by atoms with Crippen molar-refractivity contribution in [2.24, 2.45) is 50.2 Å². The third-order valence-corrected chi connectivity index (χ3v) is 14.6. The van der Waals surface area contributed by atoms with Gasteiger partial charge in [-0.3, -0.25) is 0 Å². The summed E-state index contributed by atoms with van der Waals surface area (Å²) in [5, 5.41) is 9.54. The van der Waals surface area contributed by atoms with Gasteiger partial charge >= 0.3 is 5.97 Å². The zero-order chi connectivity index (χ0) is 30.3. The van der Waals surface area contributed by atoms with Crippen LogP contribution in [-0.2, 0) is 9.53 Å². The van der Waals surface area contributed by atoms with Gasteiger partial charge in [0.05, 0.1) is 0 Å². The van der Waals surface area contributed by atoms with Crippen molar-refractivity contribution >= 4 is 12.0 Å². The van der Waals surface area contributed by atoms with Crippen molar-refractivity contribution in [1.82, 2.24) is 0 Å². The number of hydrogen-bond donors (Lipinski definition) is 1. The molecule has 6 rings (SSSR count). The van der Waals surface area contributed by atoms with Crippen molar-refractivity contribution in [3.05, 3.63) is 47.6 Å². The van der Waals surface area contributed by atoms with Crippen LogP contribution in [0.3, 0.4) is 0 Å². The van der Waals surface area contributed by atoms with Crippen LogP contribution in [0.4, 0.5) is 0 Å². The molecule has 5 aliphatic carbocycles. The number of phenols is 1. The normalized spacial score (nSPS) is 43.8. The fourth-order valence-electron chi connectivity index (χ4n) is 11.6. The van der Waals surface area contributed by atoms with Crippen molar-refractivity contribution < 1.29 is 14.6 Å². The van der Waals surface area contributed by atoms with Crippen LogP contribution < -0.4 is 0 Å². The Balaban J connectivity index is 1.24. The third kappa shape index (κ3) is 4.45. The molecule has 0 saturated heterocycles. The Bertz CT molecular complexity index is 1280. The minimum Gasteiger partial charge on any atom is -0.508 e. The van der Waals surface area contributed by atoms with Crippen LogP contribution in [0.15, 0.2) is 42.0 Å². The molecule has 0 heterocycles. The summed E-state index contributed by atoms with van der Waals surface area (Å²) in [6.07, 6.45) is 18.7. The van der Waals surface area contributed by atoms with Crippen molar-refractivity contribution in [3.63, 3.8) is 0 Å². The quantitative estimate of drug-likeness (QED) is 0.223. The molecule has 5 aliphatic rings. The van der Waals surface area contributed by atoms with Crippen molar-refractivity contribution in [2.45, 2.75) is 126 Å². The molecule has 4 fully saturated rings. The molecule has 4 saturated carbocycles. The van der Waals surface area contributed by atoms with E-state index in [0.29, 0.717) is 28.1 Å². The molecule has 1 aromatic carbocycles. The lowest BCUT2D eigenvalue weighted by atomic mass is 9.33. The summed E-state index contributed by atoms with van der Waals surface area (Å²) in [5.41, 5.74) is 4.43. The number of benzene rings is 1. The summed E-state index contributed by atoms with van der Waals surface area (Å²) in [7, 11) is 0. The SMILES string of the molecule is CC1(C)CC[C@]2(C)CC[C@]3(C)C(=CC[C@@H]4[C@@]5(C)CC[C@H](OC(=O)/C=C\c6ccc(O)cc6)C(C)(C)C5CC[C@]43C)C2C1. The van der Waals surface area contributed by atoms with Crippen molar-refractivity contribution in [1.29, 1.82) is 0 Å². The van der Waals surface area contributed by atoms with E-state index in [1.165, 1.54) is 51.4 Å². The molecule has 0 aromatic heterocycles. The van der Waals surface area contributed by atoms with Gasteiger partial charge in [0.1, 0.15) is 11.9 Å². The molecule has 3 heteroatoms. The van der Waals surface area contributed by atoms with Crippen LogP contribution in [0, 0.1) is 50.2 Å². The number of fused-ring (bicyclic) bond motifs is 7. The lowest BCUT2D eigenvalue weighted by Crippen LogP contribution is -2.64. The van der Waals surface area contributed by atoms with Crippen LogP contribution in [0.1, 0.15) is 125 Å². The molecule has 1 aromatic rings. The number of allylic oxidation sites excluding steroid dienone is 2. The second kappa shape index (κ2) is 9.73. The number of hydrogen-bond acceptors (Lipinski definition) is 3. The highest BCUT2D eigenvalue weighted by molar-refractivity contribution is 5.87. The Labute approximate surface area is 255 Å². The lowest BCUT2D eigenvalue weighted by Gasteiger charge is -2.71. The van der Waals surface area contributed by atoms with Crippen LogP contribution in [0.25, 0.3) is 6.08 Å². The van der Waals surface area contributed by atoms with Crippen LogP contribution >= 0.6 is 0 Å². The molecule has 0 bridgehead atoms. The molecular formula is C39H56O3. The standard InChI is InChI=1S/C39H56O3/c1-34(2)21-22-36(5)23-24-38(7)28(29(36)25-34)14-15-31-37(6)19-18-32(35(3,4)30(37)17-20-39(31,38)8)42-33(41)16-11-26-9-12-27(40)13-10-26/h9-14,16,29-32,40H,15,17-25H2,1-8H3/b16-11-/t29?,30?,31-,32+,36-,37+,38-,39-/m1/s1. The van der Waals surface area contributed by atoms with Crippen LogP contribution in [0.5, 0.6) is 5.75 Å². The molecule has 3 nitrogen and oxygen atoms in total. The Morgan fingerprint density at radius 1 is 0.857 bits per heavy atom. The number of esters is 1. The van der Waals surface area contributed by atoms with Gasteiger partial charge in [-0.15, -0.1) is 0 Å². The maximum absolute atomic E-state index is 13.0. The lowest BCUT2D eigenvalue weighted by molar-refractivity contribution is -0.210. The maximum atomic E-state index is 13.0. The minimum absolute atomic E-state index is 0.0676. The number of rotatable bonds is 3. The number of phenolic OH excluding ortho intramolecular Hbond substituents is 1. The van der Waals surface area contributed by atoms with E-state index < -0.39 is 0 Å². The van der Waals surface area contributed by atoms with E-state index in [4.69, 9.17) is 4.74 Å². The summed E-state index contributed by atoms with van der Waals surface area (Å²) in [6, 6.07) is 6.89. The van der Waals surface area contributed by atoms with Crippen molar-refractivity contribution in [2.75, 3.05) is 0 Å². The van der Waals surface area contributed by atoms with Crippen LogP contribution in [0.2, 0.25) is 0 Å². The fraction of sp³-hybridized carbons (Fsp3) is 0.718. The highest BCUT2D eigenvalue weighted by Crippen LogP contribution is 2.75. The molecule has 230 valence electrons. The summed E-state index contributed by atoms with van der Waals surface area (Å²) in [4.78, 5) is 13.0. The number of carbonyl (C=O) groups is 1. The summed E-state index contributed by atoms with van der Waals surface area (Å²) < 4.78 is 6.22. The second-order valence-corrected chi connectivity index (χ2v) is 17.6. The van der Waals surface area contributed by atoms with Crippen molar-refractivity contribution in [3.8, 4) is 5.75 Å². The first-order chi connectivity index (χ1) is 19.5. The van der Waals surface area contributed by atoms with E-state index in [2.05, 4.69) is 61.5 Å². The van der Waals surface area contributed by atoms with Crippen LogP contribution in [-0.4, -0.2) is 17.2 Å². The predicted octanol–water partition coefficient (Wildman–Crippen LogP) is 10.1. The van der Waals surface area contributed by atoms with E-state index in [0.717, 1.165) is 24.3 Å². The highest BCUT2D eigenvalue weighted by Gasteiger charge is 2.68. The monoisotopic (exact) mass is 572 g/mol. The van der Waals surface area contributed by atoms with E-state index >= 15 is 0 Å². The minimum atomic E-state index is -0.260. The molecular weight excluding hydrogens is 516 g/mol. The molecule has 2 unspecified atom stereocenters. The summed E-state index contributed by atoms with van der Waals surface area (Å²) in [6.45, 7) is 20.4. The topological polar surface area (TPSA) is 46.5 Å². The maximum Gasteiger partial charge on any atom is 0.331 e. The van der Waals surface area contributed by atoms with Gasteiger partial charge in [0.25, 0.3) is 0 Å². The van der Waals surface area contributed by atoms with Gasteiger partial charge in [-0.2, -0.15) is 0 Å². The first-order valence-electron chi connectivity index (χ1n) is 16.9. The molecule has 1 N–H and O–H groups in total. The Kier molecular flexibility index (Phi) is 6.96. The first-order valence-corrected chi connectivity index (χ1v) is 16.9. The van der Waals surface area contributed by atoms with Gasteiger partial charge in [0, 0.05) is 11.5 Å². The zero-order valence-corrected chi connectivity index (χ0v) is 27.7. The van der Waals surface area contributed by atoms with Gasteiger partial charge in [-0.25, -0.2) is 4.79 Å². The Hall–Kier alpha value is -2.03. The van der Waals surface area contributed by atoms with Gasteiger partial charge in [0.2, 0.25) is 0 Å². The molecule has 0 spiro atoms. The van der Waals surface area contributed by atoms with Gasteiger partial charge in [0.15, 0.2) is 0 Å². The van der Waals surface area contributed by atoms with Gasteiger partial charge < -0.3 is 9.84 Å². The van der Waals surface area contributed by atoms with Gasteiger partial charge in [-0.1, -0.05) is 79.2 Å². The number of ether oxygens (including phenoxy) is 1. The van der Waals surface area contributed by atoms with Gasteiger partial charge in [-0.05, 0) is 133 Å². The average molecular weight is 573 g/mol. The van der Waals surface area contributed by atoms with E-state index in [9.17, 15) is 9.90 Å². The smallest absolute Gasteiger partial charge is 0.331 e. The molecule has 8 atom stereocenters. The Morgan fingerprint density at radius 2 is 1.55 bits per heavy atom. The fourth-order valence-corrected chi connectivity index (χ4v) is 11.6. The summed E-state index contributed by atoms with van der Waals surface area (Å²) >= 11 is 0. The van der Waals surface area contributed by atoms with E-state index in [1.807, 2.05) is 5.57 Å². The molecule has 42 heavy (non-hydrogen) atoms. The molecule has 0 aliphatic heterocycles. The number of aromatic hydroxyl groups is 1. The average Bonchev–Trinajstić information content (AvgIpc) is 2.91. The largest absolute Gasteiger partial charge is 0.508 e.